The van der Waals surface area contributed by atoms with Gasteiger partial charge in [-0.15, -0.1) is 0 Å². The zero-order valence-corrected chi connectivity index (χ0v) is 15.0. The number of imidazole rings is 1. The second-order valence-corrected chi connectivity index (χ2v) is 6.83. The van der Waals surface area contributed by atoms with Crippen molar-refractivity contribution in [2.45, 2.75) is 38.8 Å². The second kappa shape index (κ2) is 7.20. The first-order chi connectivity index (χ1) is 12.7. The molecule has 2 aromatic heterocycles. The molecule has 1 fully saturated rings. The zero-order valence-electron chi connectivity index (χ0n) is 15.0. The smallest absolute Gasteiger partial charge is 0.242 e. The van der Waals surface area contributed by atoms with Crippen molar-refractivity contribution in [1.82, 2.24) is 14.5 Å². The van der Waals surface area contributed by atoms with Gasteiger partial charge in [-0.3, -0.25) is 4.79 Å². The highest BCUT2D eigenvalue weighted by Gasteiger charge is 2.24. The standard InChI is InChI=1S/C21H23N3O2/c1-16-7-4-5-13-23(16)21(25)15-24-19-10-3-2-9-18(19)22-20(24)12-11-17-8-6-14-26-17/h2-3,6,8-12,14,16H,4-5,7,13,15H2,1H3/b12-11+. The fourth-order valence-corrected chi connectivity index (χ4v) is 3.63. The highest BCUT2D eigenvalue weighted by Crippen LogP contribution is 2.21. The van der Waals surface area contributed by atoms with E-state index in [4.69, 9.17) is 9.40 Å². The average molecular weight is 349 g/mol. The third-order valence-electron chi connectivity index (χ3n) is 5.04. The quantitative estimate of drug-likeness (QED) is 0.709. The number of piperidine rings is 1. The maximum absolute atomic E-state index is 12.9. The molecule has 1 saturated heterocycles. The van der Waals surface area contributed by atoms with Gasteiger partial charge in [0.15, 0.2) is 0 Å². The Bertz CT molecular complexity index is 924. The number of para-hydroxylation sites is 2. The molecule has 0 radical (unpaired) electrons. The topological polar surface area (TPSA) is 51.3 Å². The Labute approximate surface area is 152 Å². The number of hydrogen-bond donors (Lipinski definition) is 0. The Morgan fingerprint density at radius 2 is 2.12 bits per heavy atom. The molecule has 26 heavy (non-hydrogen) atoms. The first kappa shape index (κ1) is 16.6. The molecule has 1 aliphatic rings. The van der Waals surface area contributed by atoms with E-state index in [0.717, 1.165) is 42.0 Å². The molecule has 1 amide bonds. The lowest BCUT2D eigenvalue weighted by Crippen LogP contribution is -2.43. The lowest BCUT2D eigenvalue weighted by molar-refractivity contribution is -0.135. The SMILES string of the molecule is CC1CCCCN1C(=O)Cn1c(/C=C/c2ccco2)nc2ccccc21. The van der Waals surface area contributed by atoms with E-state index in [1.54, 1.807) is 6.26 Å². The first-order valence-electron chi connectivity index (χ1n) is 9.19. The third kappa shape index (κ3) is 3.29. The predicted molar refractivity (Wildman–Crippen MR) is 102 cm³/mol. The van der Waals surface area contributed by atoms with Gasteiger partial charge in [0.1, 0.15) is 18.1 Å². The van der Waals surface area contributed by atoms with Crippen molar-refractivity contribution in [3.8, 4) is 0 Å². The Kier molecular flexibility index (Phi) is 4.61. The normalized spacial score (nSPS) is 18.0. The van der Waals surface area contributed by atoms with E-state index in [1.165, 1.54) is 6.42 Å². The van der Waals surface area contributed by atoms with Crippen LogP contribution >= 0.6 is 0 Å². The molecular formula is C21H23N3O2. The van der Waals surface area contributed by atoms with Gasteiger partial charge in [0.2, 0.25) is 5.91 Å². The molecule has 1 atom stereocenters. The van der Waals surface area contributed by atoms with Gasteiger partial charge in [0, 0.05) is 12.6 Å². The molecule has 0 spiro atoms. The van der Waals surface area contributed by atoms with Crippen molar-refractivity contribution in [2.24, 2.45) is 0 Å². The summed E-state index contributed by atoms with van der Waals surface area (Å²) in [5, 5.41) is 0. The van der Waals surface area contributed by atoms with Crippen LogP contribution in [-0.4, -0.2) is 32.9 Å². The second-order valence-electron chi connectivity index (χ2n) is 6.83. The van der Waals surface area contributed by atoms with Crippen LogP contribution in [0.5, 0.6) is 0 Å². The van der Waals surface area contributed by atoms with Crippen LogP contribution in [-0.2, 0) is 11.3 Å². The highest BCUT2D eigenvalue weighted by molar-refractivity contribution is 5.83. The van der Waals surface area contributed by atoms with Gasteiger partial charge < -0.3 is 13.9 Å². The maximum Gasteiger partial charge on any atom is 0.242 e. The summed E-state index contributed by atoms with van der Waals surface area (Å²) in [4.78, 5) is 19.6. The predicted octanol–water partition coefficient (Wildman–Crippen LogP) is 4.20. The molecule has 0 aliphatic carbocycles. The minimum Gasteiger partial charge on any atom is -0.465 e. The summed E-state index contributed by atoms with van der Waals surface area (Å²) in [7, 11) is 0. The number of likely N-dealkylation sites (tertiary alicyclic amines) is 1. The number of amides is 1. The molecule has 4 rings (SSSR count). The van der Waals surface area contributed by atoms with Gasteiger partial charge in [-0.1, -0.05) is 12.1 Å². The van der Waals surface area contributed by atoms with Crippen LogP contribution in [0.1, 0.15) is 37.8 Å². The fraction of sp³-hybridized carbons (Fsp3) is 0.333. The zero-order chi connectivity index (χ0) is 17.9. The molecule has 0 saturated carbocycles. The molecule has 3 aromatic rings. The molecule has 5 nitrogen and oxygen atoms in total. The first-order valence-corrected chi connectivity index (χ1v) is 9.19. The largest absolute Gasteiger partial charge is 0.465 e. The lowest BCUT2D eigenvalue weighted by atomic mass is 10.0. The third-order valence-corrected chi connectivity index (χ3v) is 5.04. The van der Waals surface area contributed by atoms with Crippen LogP contribution in [0.3, 0.4) is 0 Å². The van der Waals surface area contributed by atoms with Gasteiger partial charge in [-0.2, -0.15) is 0 Å². The van der Waals surface area contributed by atoms with Gasteiger partial charge in [-0.05, 0) is 62.6 Å². The molecule has 1 aromatic carbocycles. The molecule has 3 heterocycles. The van der Waals surface area contributed by atoms with Crippen LogP contribution in [0.15, 0.2) is 47.1 Å². The highest BCUT2D eigenvalue weighted by atomic mass is 16.3. The van der Waals surface area contributed by atoms with E-state index in [1.807, 2.05) is 58.0 Å². The summed E-state index contributed by atoms with van der Waals surface area (Å²) < 4.78 is 7.36. The Morgan fingerprint density at radius 3 is 2.92 bits per heavy atom. The van der Waals surface area contributed by atoms with Gasteiger partial charge in [0.25, 0.3) is 0 Å². The number of carbonyl (C=O) groups excluding carboxylic acids is 1. The van der Waals surface area contributed by atoms with Crippen molar-refractivity contribution in [1.29, 1.82) is 0 Å². The van der Waals surface area contributed by atoms with Crippen LogP contribution in [0.2, 0.25) is 0 Å². The molecule has 0 bridgehead atoms. The van der Waals surface area contributed by atoms with E-state index in [0.29, 0.717) is 12.6 Å². The lowest BCUT2D eigenvalue weighted by Gasteiger charge is -2.33. The summed E-state index contributed by atoms with van der Waals surface area (Å²) in [6.45, 7) is 3.30. The van der Waals surface area contributed by atoms with Crippen molar-refractivity contribution in [3.63, 3.8) is 0 Å². The number of carbonyl (C=O) groups is 1. The molecular weight excluding hydrogens is 326 g/mol. The van der Waals surface area contributed by atoms with E-state index in [-0.39, 0.29) is 5.91 Å². The van der Waals surface area contributed by atoms with Crippen molar-refractivity contribution in [3.05, 3.63) is 54.2 Å². The number of nitrogens with zero attached hydrogens (tertiary/aromatic N) is 3. The number of rotatable bonds is 4. The van der Waals surface area contributed by atoms with E-state index in [2.05, 4.69) is 6.92 Å². The van der Waals surface area contributed by atoms with Crippen molar-refractivity contribution in [2.75, 3.05) is 6.54 Å². The number of furan rings is 1. The van der Waals surface area contributed by atoms with Crippen LogP contribution in [0.25, 0.3) is 23.2 Å². The van der Waals surface area contributed by atoms with Crippen LogP contribution in [0, 0.1) is 0 Å². The molecule has 0 N–H and O–H groups in total. The summed E-state index contributed by atoms with van der Waals surface area (Å²) in [6.07, 6.45) is 8.81. The summed E-state index contributed by atoms with van der Waals surface area (Å²) >= 11 is 0. The molecule has 1 aliphatic heterocycles. The Morgan fingerprint density at radius 1 is 1.23 bits per heavy atom. The van der Waals surface area contributed by atoms with Crippen LogP contribution in [0.4, 0.5) is 0 Å². The van der Waals surface area contributed by atoms with Gasteiger partial charge in [-0.25, -0.2) is 4.98 Å². The fourth-order valence-electron chi connectivity index (χ4n) is 3.63. The van der Waals surface area contributed by atoms with E-state index < -0.39 is 0 Å². The summed E-state index contributed by atoms with van der Waals surface area (Å²) in [5.74, 6) is 1.69. The summed E-state index contributed by atoms with van der Waals surface area (Å²) in [5.41, 5.74) is 1.87. The Balaban J connectivity index is 1.66. The minimum absolute atomic E-state index is 0.160. The molecule has 5 heteroatoms. The number of benzene rings is 1. The Hall–Kier alpha value is -2.82. The van der Waals surface area contributed by atoms with Gasteiger partial charge in [0.05, 0.1) is 17.3 Å². The molecule has 1 unspecified atom stereocenters. The monoisotopic (exact) mass is 349 g/mol. The maximum atomic E-state index is 12.9. The minimum atomic E-state index is 0.160. The van der Waals surface area contributed by atoms with Crippen molar-refractivity contribution < 1.29 is 9.21 Å². The number of fused-ring (bicyclic) bond motifs is 1. The van der Waals surface area contributed by atoms with Crippen molar-refractivity contribution >= 4 is 29.1 Å². The number of hydrogen-bond acceptors (Lipinski definition) is 3. The summed E-state index contributed by atoms with van der Waals surface area (Å²) in [6, 6.07) is 12.0. The van der Waals surface area contributed by atoms with Gasteiger partial charge >= 0.3 is 0 Å². The average Bonchev–Trinajstić information content (AvgIpc) is 3.28. The molecule has 134 valence electrons. The van der Waals surface area contributed by atoms with E-state index in [9.17, 15) is 4.79 Å². The van der Waals surface area contributed by atoms with E-state index >= 15 is 0 Å². The number of aromatic nitrogens is 2. The van der Waals surface area contributed by atoms with Crippen LogP contribution < -0.4 is 0 Å².